The molecule has 4 nitrogen and oxygen atoms in total. The number of aliphatic carboxylic acids is 2. The van der Waals surface area contributed by atoms with Crippen molar-refractivity contribution in [1.82, 2.24) is 0 Å². The van der Waals surface area contributed by atoms with Crippen LogP contribution in [0.3, 0.4) is 0 Å². The van der Waals surface area contributed by atoms with E-state index < -0.39 is 22.8 Å². The first-order valence-electron chi connectivity index (χ1n) is 8.83. The van der Waals surface area contributed by atoms with Crippen LogP contribution in [0.2, 0.25) is 0 Å². The first-order valence-corrected chi connectivity index (χ1v) is 8.83. The van der Waals surface area contributed by atoms with Crippen molar-refractivity contribution in [3.05, 3.63) is 47.6 Å². The second-order valence-corrected chi connectivity index (χ2v) is 8.23. The summed E-state index contributed by atoms with van der Waals surface area (Å²) in [6.45, 7) is 9.97. The maximum absolute atomic E-state index is 10.0. The van der Waals surface area contributed by atoms with Crippen LogP contribution in [-0.2, 0) is 31.3 Å². The van der Waals surface area contributed by atoms with Gasteiger partial charge in [0.25, 0.3) is 0 Å². The first-order chi connectivity index (χ1) is 11.8. The van der Waals surface area contributed by atoms with Crippen LogP contribution >= 0.6 is 0 Å². The molecule has 0 aromatic heterocycles. The van der Waals surface area contributed by atoms with Crippen molar-refractivity contribution < 1.29 is 41.5 Å². The van der Waals surface area contributed by atoms with E-state index in [1.807, 2.05) is 0 Å². The van der Waals surface area contributed by atoms with Crippen LogP contribution in [0.25, 0.3) is 0 Å². The second kappa shape index (κ2) is 12.9. The third-order valence-corrected chi connectivity index (χ3v) is 3.48. The fraction of sp³-hybridized carbons (Fsp3) is 0.545. The number of carbonyl (C=O) groups is 2. The maximum Gasteiger partial charge on any atom is 2.00 e. The van der Waals surface area contributed by atoms with E-state index in [0.29, 0.717) is 0 Å². The molecule has 0 saturated heterocycles. The van der Waals surface area contributed by atoms with Gasteiger partial charge in [0.2, 0.25) is 0 Å². The molecule has 0 unspecified atom stereocenters. The molecule has 27 heavy (non-hydrogen) atoms. The normalized spacial score (nSPS) is 14.7. The van der Waals surface area contributed by atoms with Gasteiger partial charge in [-0.05, 0) is 41.5 Å². The molecule has 0 spiro atoms. The molecule has 0 aromatic rings. The zero-order chi connectivity index (χ0) is 20.4. The second-order valence-electron chi connectivity index (χ2n) is 8.23. The van der Waals surface area contributed by atoms with Crippen molar-refractivity contribution in [1.29, 1.82) is 0 Å². The van der Waals surface area contributed by atoms with Crippen molar-refractivity contribution in [2.45, 2.75) is 67.2 Å². The number of hydrogen-bond acceptors (Lipinski definition) is 2. The summed E-state index contributed by atoms with van der Waals surface area (Å²) in [4.78, 5) is 20.0. The van der Waals surface area contributed by atoms with Gasteiger partial charge in [0, 0.05) is 0 Å². The predicted octanol–water partition coefficient (Wildman–Crippen LogP) is 5.38. The van der Waals surface area contributed by atoms with E-state index in [4.69, 9.17) is 10.2 Å². The number of hydrogen-bond donors (Lipinski definition) is 2. The van der Waals surface area contributed by atoms with Crippen molar-refractivity contribution in [3.63, 3.8) is 0 Å². The van der Waals surface area contributed by atoms with Gasteiger partial charge in [-0.2, -0.15) is 12.2 Å². The van der Waals surface area contributed by atoms with Crippen LogP contribution in [0.15, 0.2) is 35.5 Å². The summed E-state index contributed by atoms with van der Waals surface area (Å²) in [5.41, 5.74) is 1.56. The summed E-state index contributed by atoms with van der Waals surface area (Å²) in [7, 11) is 0. The number of carboxylic acids is 2. The average molecular weight is 408 g/mol. The fourth-order valence-electron chi connectivity index (χ4n) is 1.51. The zero-order valence-corrected chi connectivity index (χ0v) is 18.9. The van der Waals surface area contributed by atoms with Gasteiger partial charge < -0.3 is 10.2 Å². The smallest absolute Gasteiger partial charge is 0.481 e. The average Bonchev–Trinajstić information content (AvgIpc) is 3.18. The Balaban J connectivity index is 0. The summed E-state index contributed by atoms with van der Waals surface area (Å²) in [6.07, 6.45) is 19.6. The monoisotopic (exact) mass is 408 g/mol. The Labute approximate surface area is 179 Å². The molecule has 0 heterocycles. The number of allylic oxidation sites excluding steroid dienone is 8. The Morgan fingerprint density at radius 2 is 1.07 bits per heavy atom. The van der Waals surface area contributed by atoms with E-state index >= 15 is 0 Å². The van der Waals surface area contributed by atoms with Gasteiger partial charge in [-0.25, -0.2) is 23.3 Å². The van der Waals surface area contributed by atoms with Crippen molar-refractivity contribution in [3.8, 4) is 0 Å². The molecule has 5 heteroatoms. The standard InChI is InChI=1S/C12H12.2C5H10O2.Ti/c1-2-6-11(5-1)9-10-12-7-3-4-8-12;2*1-5(2,3)4(6)7;/h1,3,5,7H,2,4,9-10H2;2*1-3H3,(H,6,7);/q-2;;;+2. The van der Waals surface area contributed by atoms with Crippen LogP contribution in [0.5, 0.6) is 0 Å². The molecular weight excluding hydrogens is 376 g/mol. The third-order valence-electron chi connectivity index (χ3n) is 3.48. The van der Waals surface area contributed by atoms with E-state index in [2.05, 4.69) is 36.5 Å². The largest absolute Gasteiger partial charge is 2.00 e. The Bertz CT molecular complexity index is 543. The first kappa shape index (κ1) is 27.8. The molecule has 148 valence electrons. The predicted molar refractivity (Wildman–Crippen MR) is 104 cm³/mol. The molecule has 2 rings (SSSR count). The van der Waals surface area contributed by atoms with Crippen LogP contribution in [0, 0.1) is 23.0 Å². The molecule has 0 radical (unpaired) electrons. The minimum absolute atomic E-state index is 0. The van der Waals surface area contributed by atoms with E-state index in [1.165, 1.54) is 11.1 Å². The van der Waals surface area contributed by atoms with Crippen molar-refractivity contribution in [2.24, 2.45) is 10.8 Å². The minimum atomic E-state index is -0.757. The summed E-state index contributed by atoms with van der Waals surface area (Å²) in [6, 6.07) is 0. The molecule has 2 aliphatic rings. The number of rotatable bonds is 3. The van der Waals surface area contributed by atoms with Gasteiger partial charge in [-0.3, -0.25) is 21.7 Å². The molecular formula is C22H32O4Ti. The van der Waals surface area contributed by atoms with Gasteiger partial charge in [-0.15, -0.1) is 12.8 Å². The molecule has 0 atom stereocenters. The van der Waals surface area contributed by atoms with Gasteiger partial charge >= 0.3 is 33.7 Å². The van der Waals surface area contributed by atoms with E-state index in [9.17, 15) is 9.59 Å². The van der Waals surface area contributed by atoms with Crippen molar-refractivity contribution in [2.75, 3.05) is 0 Å². The Hall–Kier alpha value is -1.39. The summed E-state index contributed by atoms with van der Waals surface area (Å²) in [5.74, 6) is -1.51. The third kappa shape index (κ3) is 14.4. The van der Waals surface area contributed by atoms with E-state index in [-0.39, 0.29) is 21.7 Å². The number of carboxylic acid groups (broad SMARTS) is 2. The minimum Gasteiger partial charge on any atom is -0.481 e. The molecule has 0 amide bonds. The van der Waals surface area contributed by atoms with Gasteiger partial charge in [0.05, 0.1) is 10.8 Å². The molecule has 2 aliphatic carbocycles. The van der Waals surface area contributed by atoms with E-state index in [0.717, 1.165) is 25.7 Å². The molecule has 0 aliphatic heterocycles. The van der Waals surface area contributed by atoms with Crippen LogP contribution in [0.1, 0.15) is 67.2 Å². The van der Waals surface area contributed by atoms with Gasteiger partial charge in [0.15, 0.2) is 0 Å². The summed E-state index contributed by atoms with van der Waals surface area (Å²) < 4.78 is 0. The molecule has 0 aromatic carbocycles. The fourth-order valence-corrected chi connectivity index (χ4v) is 1.51. The van der Waals surface area contributed by atoms with Crippen LogP contribution < -0.4 is 0 Å². The SMILES string of the molecule is CC(C)(C)C(=O)O.CC(C)(C)C(=O)O.[C-]1=C(CCC2=[C-]CC=C2)C=CC1.[Ti+2]. The van der Waals surface area contributed by atoms with Gasteiger partial charge in [-0.1, -0.05) is 12.8 Å². The van der Waals surface area contributed by atoms with E-state index in [1.54, 1.807) is 41.5 Å². The zero-order valence-electron chi connectivity index (χ0n) is 17.3. The Morgan fingerprint density at radius 3 is 1.22 bits per heavy atom. The topological polar surface area (TPSA) is 74.6 Å². The maximum atomic E-state index is 10.0. The van der Waals surface area contributed by atoms with Crippen LogP contribution in [-0.4, -0.2) is 22.2 Å². The molecule has 0 fully saturated rings. The van der Waals surface area contributed by atoms with Crippen molar-refractivity contribution >= 4 is 11.9 Å². The molecule has 0 saturated carbocycles. The quantitative estimate of drug-likeness (QED) is 0.486. The summed E-state index contributed by atoms with van der Waals surface area (Å²) >= 11 is 0. The summed E-state index contributed by atoms with van der Waals surface area (Å²) in [5, 5.41) is 16.5. The Morgan fingerprint density at radius 1 is 0.815 bits per heavy atom. The Kier molecular flexibility index (Phi) is 13.3. The molecule has 0 bridgehead atoms. The van der Waals surface area contributed by atoms with Gasteiger partial charge in [0.1, 0.15) is 0 Å². The van der Waals surface area contributed by atoms with Crippen LogP contribution in [0.4, 0.5) is 0 Å². The molecule has 2 N–H and O–H groups in total.